The summed E-state index contributed by atoms with van der Waals surface area (Å²) in [7, 11) is 0. The molecule has 1 aromatic rings. The molecule has 1 N–H and O–H groups in total. The van der Waals surface area contributed by atoms with Crippen molar-refractivity contribution in [2.45, 2.75) is 19.8 Å². The van der Waals surface area contributed by atoms with Crippen LogP contribution in [0, 0.1) is 11.8 Å². The smallest absolute Gasteiger partial charge is 0.227 e. The lowest BCUT2D eigenvalue weighted by Crippen LogP contribution is -2.21. The molecule has 1 aliphatic rings. The number of carbonyl (C=O) groups is 1. The Morgan fingerprint density at radius 1 is 1.40 bits per heavy atom. The molecule has 2 rings (SSSR count). The van der Waals surface area contributed by atoms with Crippen molar-refractivity contribution in [2.75, 3.05) is 5.32 Å². The van der Waals surface area contributed by atoms with Gasteiger partial charge in [-0.3, -0.25) is 4.79 Å². The van der Waals surface area contributed by atoms with Crippen molar-refractivity contribution in [2.24, 2.45) is 11.8 Å². The number of anilines is 1. The Labute approximate surface area is 98.2 Å². The molecular formula is C12H14BrNO. The largest absolute Gasteiger partial charge is 0.326 e. The molecular weight excluding hydrogens is 254 g/mol. The van der Waals surface area contributed by atoms with E-state index in [9.17, 15) is 4.79 Å². The van der Waals surface area contributed by atoms with E-state index in [1.54, 1.807) is 0 Å². The van der Waals surface area contributed by atoms with Gasteiger partial charge in [-0.2, -0.15) is 0 Å². The summed E-state index contributed by atoms with van der Waals surface area (Å²) in [6.07, 6.45) is 2.41. The van der Waals surface area contributed by atoms with Crippen LogP contribution < -0.4 is 5.32 Å². The van der Waals surface area contributed by atoms with Crippen molar-refractivity contribution in [1.29, 1.82) is 0 Å². The van der Waals surface area contributed by atoms with Crippen molar-refractivity contribution < 1.29 is 4.79 Å². The molecule has 0 aromatic heterocycles. The lowest BCUT2D eigenvalue weighted by molar-refractivity contribution is -0.119. The number of rotatable bonds is 3. The minimum Gasteiger partial charge on any atom is -0.326 e. The van der Waals surface area contributed by atoms with E-state index in [2.05, 4.69) is 21.2 Å². The fourth-order valence-electron chi connectivity index (χ4n) is 1.60. The van der Waals surface area contributed by atoms with E-state index >= 15 is 0 Å². The van der Waals surface area contributed by atoms with E-state index in [-0.39, 0.29) is 11.8 Å². The summed E-state index contributed by atoms with van der Waals surface area (Å²) >= 11 is 3.36. The van der Waals surface area contributed by atoms with Gasteiger partial charge in [0.25, 0.3) is 0 Å². The number of nitrogens with one attached hydrogen (secondary N) is 1. The molecule has 1 aliphatic carbocycles. The first-order valence-electron chi connectivity index (χ1n) is 5.23. The zero-order valence-corrected chi connectivity index (χ0v) is 10.3. The first-order chi connectivity index (χ1) is 7.16. The van der Waals surface area contributed by atoms with Crippen LogP contribution in [-0.4, -0.2) is 5.91 Å². The van der Waals surface area contributed by atoms with Crippen LogP contribution in [0.3, 0.4) is 0 Å². The highest BCUT2D eigenvalue weighted by atomic mass is 79.9. The van der Waals surface area contributed by atoms with E-state index in [1.165, 1.54) is 12.8 Å². The maximum atomic E-state index is 11.8. The van der Waals surface area contributed by atoms with Crippen LogP contribution in [0.4, 0.5) is 5.69 Å². The average Bonchev–Trinajstić information content (AvgIpc) is 3.04. The first kappa shape index (κ1) is 10.7. The molecule has 1 amide bonds. The molecule has 0 saturated heterocycles. The van der Waals surface area contributed by atoms with Crippen LogP contribution in [-0.2, 0) is 4.79 Å². The van der Waals surface area contributed by atoms with Gasteiger partial charge >= 0.3 is 0 Å². The summed E-state index contributed by atoms with van der Waals surface area (Å²) in [6.45, 7) is 2.01. The average molecular weight is 268 g/mol. The Morgan fingerprint density at radius 3 is 2.53 bits per heavy atom. The van der Waals surface area contributed by atoms with Crippen LogP contribution >= 0.6 is 15.9 Å². The fraction of sp³-hybridized carbons (Fsp3) is 0.417. The second kappa shape index (κ2) is 4.35. The highest BCUT2D eigenvalue weighted by Crippen LogP contribution is 2.37. The number of carbonyl (C=O) groups excluding carboxylic acids is 1. The Morgan fingerprint density at radius 2 is 2.00 bits per heavy atom. The normalized spacial score (nSPS) is 17.2. The van der Waals surface area contributed by atoms with Crippen molar-refractivity contribution in [3.8, 4) is 0 Å². The Balaban J connectivity index is 1.95. The van der Waals surface area contributed by atoms with E-state index in [1.807, 2.05) is 31.2 Å². The van der Waals surface area contributed by atoms with Crippen molar-refractivity contribution in [3.05, 3.63) is 28.7 Å². The predicted molar refractivity (Wildman–Crippen MR) is 64.7 cm³/mol. The topological polar surface area (TPSA) is 29.1 Å². The van der Waals surface area contributed by atoms with Gasteiger partial charge in [0, 0.05) is 16.1 Å². The molecule has 0 heterocycles. The number of halogens is 1. The summed E-state index contributed by atoms with van der Waals surface area (Å²) < 4.78 is 1.02. The maximum absolute atomic E-state index is 11.8. The van der Waals surface area contributed by atoms with E-state index < -0.39 is 0 Å². The number of benzene rings is 1. The zero-order valence-electron chi connectivity index (χ0n) is 8.66. The molecule has 3 heteroatoms. The van der Waals surface area contributed by atoms with Gasteiger partial charge in [0.15, 0.2) is 0 Å². The highest BCUT2D eigenvalue weighted by Gasteiger charge is 2.32. The predicted octanol–water partition coefficient (Wildman–Crippen LogP) is 3.43. The quantitative estimate of drug-likeness (QED) is 0.894. The first-order valence-corrected chi connectivity index (χ1v) is 6.02. The molecule has 1 aromatic carbocycles. The third-order valence-corrected chi connectivity index (χ3v) is 3.38. The Hall–Kier alpha value is -0.830. The zero-order chi connectivity index (χ0) is 10.8. The standard InChI is InChI=1S/C12H14BrNO/c1-8(9-2-3-9)12(15)14-11-6-4-10(13)5-7-11/h4-9H,2-3H2,1H3,(H,14,15). The van der Waals surface area contributed by atoms with Gasteiger partial charge in [-0.15, -0.1) is 0 Å². The van der Waals surface area contributed by atoms with Crippen LogP contribution in [0.15, 0.2) is 28.7 Å². The molecule has 80 valence electrons. The minimum atomic E-state index is 0.139. The highest BCUT2D eigenvalue weighted by molar-refractivity contribution is 9.10. The third kappa shape index (κ3) is 2.81. The SMILES string of the molecule is CC(C(=O)Nc1ccc(Br)cc1)C1CC1. The van der Waals surface area contributed by atoms with Crippen LogP contribution in [0.2, 0.25) is 0 Å². The van der Waals surface area contributed by atoms with Gasteiger partial charge in [0.2, 0.25) is 5.91 Å². The summed E-state index contributed by atoms with van der Waals surface area (Å²) in [5.41, 5.74) is 0.871. The van der Waals surface area contributed by atoms with Gasteiger partial charge in [-0.1, -0.05) is 22.9 Å². The van der Waals surface area contributed by atoms with Crippen molar-refractivity contribution in [3.63, 3.8) is 0 Å². The maximum Gasteiger partial charge on any atom is 0.227 e. The molecule has 0 bridgehead atoms. The van der Waals surface area contributed by atoms with Gasteiger partial charge in [0.05, 0.1) is 0 Å². The van der Waals surface area contributed by atoms with E-state index in [4.69, 9.17) is 0 Å². The molecule has 1 atom stereocenters. The minimum absolute atomic E-state index is 0.139. The summed E-state index contributed by atoms with van der Waals surface area (Å²) in [4.78, 5) is 11.8. The van der Waals surface area contributed by atoms with Crippen LogP contribution in [0.25, 0.3) is 0 Å². The molecule has 1 fully saturated rings. The summed E-state index contributed by atoms with van der Waals surface area (Å²) in [5.74, 6) is 0.897. The van der Waals surface area contributed by atoms with Gasteiger partial charge < -0.3 is 5.32 Å². The molecule has 2 nitrogen and oxygen atoms in total. The Kier molecular flexibility index (Phi) is 3.10. The monoisotopic (exact) mass is 267 g/mol. The molecule has 1 saturated carbocycles. The summed E-state index contributed by atoms with van der Waals surface area (Å²) in [6, 6.07) is 7.66. The lowest BCUT2D eigenvalue weighted by atomic mass is 10.1. The number of amides is 1. The van der Waals surface area contributed by atoms with Crippen LogP contribution in [0.5, 0.6) is 0 Å². The molecule has 15 heavy (non-hydrogen) atoms. The van der Waals surface area contributed by atoms with Gasteiger partial charge in [-0.25, -0.2) is 0 Å². The van der Waals surface area contributed by atoms with Crippen molar-refractivity contribution >= 4 is 27.5 Å². The second-order valence-corrected chi connectivity index (χ2v) is 5.04. The molecule has 1 unspecified atom stereocenters. The Bertz CT molecular complexity index is 356. The lowest BCUT2D eigenvalue weighted by Gasteiger charge is -2.10. The molecule has 0 aliphatic heterocycles. The molecule has 0 radical (unpaired) electrons. The van der Waals surface area contributed by atoms with Gasteiger partial charge in [0.1, 0.15) is 0 Å². The van der Waals surface area contributed by atoms with Crippen LogP contribution in [0.1, 0.15) is 19.8 Å². The fourth-order valence-corrected chi connectivity index (χ4v) is 1.86. The third-order valence-electron chi connectivity index (χ3n) is 2.85. The molecule has 0 spiro atoms. The number of hydrogen-bond acceptors (Lipinski definition) is 1. The van der Waals surface area contributed by atoms with E-state index in [0.29, 0.717) is 5.92 Å². The number of hydrogen-bond donors (Lipinski definition) is 1. The second-order valence-electron chi connectivity index (χ2n) is 4.12. The summed E-state index contributed by atoms with van der Waals surface area (Å²) in [5, 5.41) is 2.93. The van der Waals surface area contributed by atoms with Crippen molar-refractivity contribution in [1.82, 2.24) is 0 Å². The van der Waals surface area contributed by atoms with E-state index in [0.717, 1.165) is 10.2 Å². The van der Waals surface area contributed by atoms with Gasteiger partial charge in [-0.05, 0) is 43.0 Å².